The summed E-state index contributed by atoms with van der Waals surface area (Å²) in [5.41, 5.74) is 2.14. The second-order valence-electron chi connectivity index (χ2n) is 10.8. The molecule has 28 heavy (non-hydrogen) atoms. The first-order valence-electron chi connectivity index (χ1n) is 11.5. The smallest absolute Gasteiger partial charge is 0.127 e. The molecule has 0 aliphatic heterocycles. The van der Waals surface area contributed by atoms with E-state index in [1.54, 1.807) is 0 Å². The van der Waals surface area contributed by atoms with Gasteiger partial charge in [0, 0.05) is 16.7 Å². The summed E-state index contributed by atoms with van der Waals surface area (Å²) >= 11 is 0. The number of hydrogen-bond acceptors (Lipinski definition) is 2. The molecule has 0 aromatic rings. The molecule has 2 aliphatic rings. The molecule has 0 bridgehead atoms. The molecule has 1 N–H and O–H groups in total. The zero-order chi connectivity index (χ0) is 21.3. The number of aldehydes is 1. The predicted molar refractivity (Wildman–Crippen MR) is 119 cm³/mol. The van der Waals surface area contributed by atoms with Crippen LogP contribution < -0.4 is 0 Å². The minimum absolute atomic E-state index is 0.0934. The average molecular weight is 389 g/mol. The second kappa shape index (κ2) is 8.86. The Morgan fingerprint density at radius 3 is 2.00 bits per heavy atom. The van der Waals surface area contributed by atoms with E-state index >= 15 is 0 Å². The van der Waals surface area contributed by atoms with E-state index in [1.165, 1.54) is 17.4 Å². The predicted octanol–water partition coefficient (Wildman–Crippen LogP) is 6.59. The quantitative estimate of drug-likeness (QED) is 0.394. The topological polar surface area (TPSA) is 37.3 Å². The van der Waals surface area contributed by atoms with Gasteiger partial charge in [0.2, 0.25) is 0 Å². The highest BCUT2D eigenvalue weighted by molar-refractivity contribution is 5.62. The maximum atomic E-state index is 12.6. The van der Waals surface area contributed by atoms with Crippen molar-refractivity contribution < 1.29 is 9.90 Å². The van der Waals surface area contributed by atoms with Crippen LogP contribution in [0.1, 0.15) is 87.5 Å². The summed E-state index contributed by atoms with van der Waals surface area (Å²) in [5, 5.41) is 12.0. The Morgan fingerprint density at radius 2 is 1.54 bits per heavy atom. The first-order chi connectivity index (χ1) is 13.0. The SMILES string of the molecule is CC1=CC(C(O)C2(C(C)C(C)C)CC=C(C)CC2)C(C=O)(C(C)C(C)C)CC1. The molecular weight excluding hydrogens is 344 g/mol. The van der Waals surface area contributed by atoms with Crippen LogP contribution in [0.25, 0.3) is 0 Å². The lowest BCUT2D eigenvalue weighted by Gasteiger charge is -2.54. The Hall–Kier alpha value is -0.890. The molecule has 2 nitrogen and oxygen atoms in total. The monoisotopic (exact) mass is 388 g/mol. The van der Waals surface area contributed by atoms with Gasteiger partial charge in [0.15, 0.2) is 0 Å². The summed E-state index contributed by atoms with van der Waals surface area (Å²) in [4.78, 5) is 12.6. The number of allylic oxidation sites excluding steroid dienone is 3. The molecule has 0 amide bonds. The Labute approximate surface area is 173 Å². The van der Waals surface area contributed by atoms with E-state index in [0.717, 1.165) is 32.1 Å². The van der Waals surface area contributed by atoms with Gasteiger partial charge in [-0.05, 0) is 69.6 Å². The van der Waals surface area contributed by atoms with E-state index in [-0.39, 0.29) is 17.3 Å². The molecule has 0 spiro atoms. The number of aliphatic hydroxyl groups excluding tert-OH is 1. The highest BCUT2D eigenvalue weighted by atomic mass is 16.3. The van der Waals surface area contributed by atoms with Crippen molar-refractivity contribution in [1.29, 1.82) is 0 Å². The van der Waals surface area contributed by atoms with Gasteiger partial charge in [-0.2, -0.15) is 0 Å². The molecular formula is C26H44O2. The summed E-state index contributed by atoms with van der Waals surface area (Å²) in [6, 6.07) is 0. The number of carbonyl (C=O) groups excluding carboxylic acids is 1. The van der Waals surface area contributed by atoms with Crippen LogP contribution in [0.3, 0.4) is 0 Å². The van der Waals surface area contributed by atoms with Crippen molar-refractivity contribution in [1.82, 2.24) is 0 Å². The van der Waals surface area contributed by atoms with Gasteiger partial charge in [-0.25, -0.2) is 0 Å². The summed E-state index contributed by atoms with van der Waals surface area (Å²) in [5.74, 6) is 1.48. The fourth-order valence-electron chi connectivity index (χ4n) is 5.88. The van der Waals surface area contributed by atoms with E-state index in [1.807, 2.05) is 0 Å². The third-order valence-electron chi connectivity index (χ3n) is 8.76. The van der Waals surface area contributed by atoms with Gasteiger partial charge in [0.1, 0.15) is 6.29 Å². The van der Waals surface area contributed by atoms with E-state index in [9.17, 15) is 9.90 Å². The molecule has 0 radical (unpaired) electrons. The Kier molecular flexibility index (Phi) is 7.40. The third kappa shape index (κ3) is 4.04. The lowest BCUT2D eigenvalue weighted by atomic mass is 9.51. The molecule has 0 saturated carbocycles. The van der Waals surface area contributed by atoms with E-state index in [2.05, 4.69) is 67.5 Å². The third-order valence-corrected chi connectivity index (χ3v) is 8.76. The molecule has 0 aromatic carbocycles. The second-order valence-corrected chi connectivity index (χ2v) is 10.8. The highest BCUT2D eigenvalue weighted by Gasteiger charge is 2.54. The van der Waals surface area contributed by atoms with Crippen molar-refractivity contribution in [3.8, 4) is 0 Å². The number of aliphatic hydroxyl groups is 1. The summed E-state index contributed by atoms with van der Waals surface area (Å²) in [6.07, 6.45) is 10.2. The molecule has 160 valence electrons. The summed E-state index contributed by atoms with van der Waals surface area (Å²) in [6.45, 7) is 17.9. The van der Waals surface area contributed by atoms with Crippen LogP contribution >= 0.6 is 0 Å². The van der Waals surface area contributed by atoms with Gasteiger partial charge in [0.25, 0.3) is 0 Å². The molecule has 0 heterocycles. The largest absolute Gasteiger partial charge is 0.392 e. The Morgan fingerprint density at radius 1 is 0.964 bits per heavy atom. The summed E-state index contributed by atoms with van der Waals surface area (Å²) < 4.78 is 0. The van der Waals surface area contributed by atoms with Gasteiger partial charge in [-0.1, -0.05) is 64.8 Å². The maximum Gasteiger partial charge on any atom is 0.127 e. The van der Waals surface area contributed by atoms with Crippen molar-refractivity contribution in [2.24, 2.45) is 40.4 Å². The van der Waals surface area contributed by atoms with Crippen molar-refractivity contribution in [3.05, 3.63) is 23.3 Å². The molecule has 2 heteroatoms. The minimum Gasteiger partial charge on any atom is -0.392 e. The van der Waals surface area contributed by atoms with Crippen molar-refractivity contribution >= 4 is 6.29 Å². The van der Waals surface area contributed by atoms with Crippen LogP contribution in [0.15, 0.2) is 23.3 Å². The average Bonchev–Trinajstić information content (AvgIpc) is 2.67. The summed E-state index contributed by atoms with van der Waals surface area (Å²) in [7, 11) is 0. The molecule has 2 aliphatic carbocycles. The zero-order valence-corrected chi connectivity index (χ0v) is 19.6. The van der Waals surface area contributed by atoms with E-state index in [4.69, 9.17) is 0 Å². The van der Waals surface area contributed by atoms with Gasteiger partial charge in [-0.3, -0.25) is 0 Å². The van der Waals surface area contributed by atoms with Gasteiger partial charge >= 0.3 is 0 Å². The van der Waals surface area contributed by atoms with Crippen LogP contribution in [-0.4, -0.2) is 17.5 Å². The lowest BCUT2D eigenvalue weighted by Crippen LogP contribution is -2.55. The van der Waals surface area contributed by atoms with Gasteiger partial charge in [-0.15, -0.1) is 0 Å². The van der Waals surface area contributed by atoms with E-state index < -0.39 is 11.5 Å². The molecule has 2 rings (SSSR count). The number of rotatable bonds is 7. The van der Waals surface area contributed by atoms with Crippen LogP contribution in [0.4, 0.5) is 0 Å². The highest BCUT2D eigenvalue weighted by Crippen LogP contribution is 2.56. The normalized spacial score (nSPS) is 34.6. The molecule has 6 atom stereocenters. The number of hydrogen-bond donors (Lipinski definition) is 1. The first-order valence-corrected chi connectivity index (χ1v) is 11.5. The first kappa shape index (κ1) is 23.4. The Bertz CT molecular complexity index is 614. The van der Waals surface area contributed by atoms with Crippen LogP contribution in [0.2, 0.25) is 0 Å². The van der Waals surface area contributed by atoms with Crippen molar-refractivity contribution in [2.75, 3.05) is 0 Å². The molecule has 0 aromatic heterocycles. The molecule has 6 unspecified atom stereocenters. The number of carbonyl (C=O) groups is 1. The molecule has 0 saturated heterocycles. The molecule has 0 fully saturated rings. The maximum absolute atomic E-state index is 12.6. The van der Waals surface area contributed by atoms with Gasteiger partial charge < -0.3 is 9.90 Å². The van der Waals surface area contributed by atoms with Crippen molar-refractivity contribution in [2.45, 2.75) is 93.6 Å². The standard InChI is InChI=1S/C26H44O2/c1-17(2)21(7)25(12-9-19(5)10-13-25)24(28)23-15-20(6)11-14-26(23,16-27)22(8)18(3)4/h9,15-18,21-24,28H,10-14H2,1-8H3. The van der Waals surface area contributed by atoms with Crippen LogP contribution in [0, 0.1) is 40.4 Å². The van der Waals surface area contributed by atoms with Crippen LogP contribution in [-0.2, 0) is 4.79 Å². The zero-order valence-electron chi connectivity index (χ0n) is 19.6. The van der Waals surface area contributed by atoms with Crippen molar-refractivity contribution in [3.63, 3.8) is 0 Å². The van der Waals surface area contributed by atoms with Gasteiger partial charge in [0.05, 0.1) is 6.10 Å². The van der Waals surface area contributed by atoms with Crippen LogP contribution in [0.5, 0.6) is 0 Å². The van der Waals surface area contributed by atoms with E-state index in [0.29, 0.717) is 17.8 Å². The fourth-order valence-corrected chi connectivity index (χ4v) is 5.88. The lowest BCUT2D eigenvalue weighted by molar-refractivity contribution is -0.139. The Balaban J connectivity index is 2.57. The minimum atomic E-state index is -0.490. The fraction of sp³-hybridized carbons (Fsp3) is 0.808.